The second-order valence-electron chi connectivity index (χ2n) is 7.73. The Bertz CT molecular complexity index is 1300. The van der Waals surface area contributed by atoms with Crippen LogP contribution in [0.2, 0.25) is 0 Å². The number of carbonyl (C=O) groups excluding carboxylic acids is 1. The Hall–Kier alpha value is -3.95. The molecule has 34 heavy (non-hydrogen) atoms. The molecule has 0 saturated heterocycles. The molecular formula is C25H22N4O4S. The van der Waals surface area contributed by atoms with Crippen LogP contribution in [-0.2, 0) is 27.1 Å². The van der Waals surface area contributed by atoms with E-state index in [2.05, 4.69) is 17.1 Å². The predicted molar refractivity (Wildman–Crippen MR) is 124 cm³/mol. The first kappa shape index (κ1) is 23.2. The lowest BCUT2D eigenvalue weighted by atomic mass is 9.83. The number of allylic oxidation sites excluding steroid dienone is 1. The van der Waals surface area contributed by atoms with Crippen molar-refractivity contribution in [3.05, 3.63) is 75.5 Å². The molecular weight excluding hydrogens is 452 g/mol. The molecule has 0 unspecified atom stereocenters. The Kier molecular flexibility index (Phi) is 6.76. The van der Waals surface area contributed by atoms with E-state index in [-0.39, 0.29) is 28.5 Å². The Labute approximate surface area is 201 Å². The van der Waals surface area contributed by atoms with Crippen LogP contribution < -0.4 is 10.5 Å². The van der Waals surface area contributed by atoms with E-state index in [1.54, 1.807) is 24.3 Å². The van der Waals surface area contributed by atoms with Crippen molar-refractivity contribution in [2.45, 2.75) is 30.2 Å². The first-order valence-corrected chi connectivity index (χ1v) is 11.6. The summed E-state index contributed by atoms with van der Waals surface area (Å²) in [6.45, 7) is 0. The van der Waals surface area contributed by atoms with Crippen molar-refractivity contribution >= 4 is 17.7 Å². The molecule has 0 amide bonds. The molecule has 4 rings (SSSR count). The van der Waals surface area contributed by atoms with Gasteiger partial charge in [-0.1, -0.05) is 23.9 Å². The summed E-state index contributed by atoms with van der Waals surface area (Å²) < 4.78 is 16.1. The van der Waals surface area contributed by atoms with Crippen LogP contribution in [0.1, 0.15) is 34.7 Å². The minimum Gasteiger partial charge on any atom is -0.497 e. The summed E-state index contributed by atoms with van der Waals surface area (Å²) in [6, 6.07) is 13.2. The summed E-state index contributed by atoms with van der Waals surface area (Å²) >= 11 is 1.28. The molecule has 1 aliphatic carbocycles. The number of benzene rings is 1. The minimum atomic E-state index is -0.791. The number of thioether (sulfide) groups is 1. The van der Waals surface area contributed by atoms with Crippen molar-refractivity contribution in [3.8, 4) is 17.9 Å². The Morgan fingerprint density at radius 3 is 2.79 bits per heavy atom. The van der Waals surface area contributed by atoms with Crippen LogP contribution >= 0.6 is 11.8 Å². The van der Waals surface area contributed by atoms with Crippen molar-refractivity contribution < 1.29 is 19.0 Å². The molecule has 172 valence electrons. The van der Waals surface area contributed by atoms with Crippen molar-refractivity contribution in [2.75, 3.05) is 20.0 Å². The molecule has 1 aromatic heterocycles. The average molecular weight is 475 g/mol. The lowest BCUT2D eigenvalue weighted by molar-refractivity contribution is -0.136. The number of nitrogens with zero attached hydrogens (tertiary/aromatic N) is 3. The molecule has 0 spiro atoms. The molecule has 0 radical (unpaired) electrons. The van der Waals surface area contributed by atoms with E-state index < -0.39 is 11.9 Å². The van der Waals surface area contributed by atoms with E-state index in [1.807, 2.05) is 6.07 Å². The van der Waals surface area contributed by atoms with E-state index in [0.717, 1.165) is 30.5 Å². The highest BCUT2D eigenvalue weighted by Crippen LogP contribution is 2.42. The zero-order valence-electron chi connectivity index (χ0n) is 18.8. The molecule has 1 aliphatic heterocycles. The monoisotopic (exact) mass is 474 g/mol. The van der Waals surface area contributed by atoms with Crippen molar-refractivity contribution in [1.82, 2.24) is 4.98 Å². The van der Waals surface area contributed by atoms with Gasteiger partial charge in [-0.25, -0.2) is 9.78 Å². The van der Waals surface area contributed by atoms with Gasteiger partial charge < -0.3 is 19.9 Å². The van der Waals surface area contributed by atoms with Gasteiger partial charge in [0.2, 0.25) is 5.88 Å². The zero-order valence-corrected chi connectivity index (χ0v) is 19.6. The molecule has 2 N–H and O–H groups in total. The molecule has 0 saturated carbocycles. The number of nitriles is 2. The second kappa shape index (κ2) is 9.90. The fourth-order valence-electron chi connectivity index (χ4n) is 4.19. The first-order chi connectivity index (χ1) is 16.5. The van der Waals surface area contributed by atoms with Gasteiger partial charge in [0.1, 0.15) is 34.2 Å². The van der Waals surface area contributed by atoms with Crippen LogP contribution in [0.5, 0.6) is 5.75 Å². The number of aryl methyl sites for hydroxylation is 2. The molecule has 2 heterocycles. The highest BCUT2D eigenvalue weighted by Gasteiger charge is 2.37. The van der Waals surface area contributed by atoms with Gasteiger partial charge >= 0.3 is 5.97 Å². The maximum Gasteiger partial charge on any atom is 0.338 e. The third-order valence-corrected chi connectivity index (χ3v) is 6.80. The summed E-state index contributed by atoms with van der Waals surface area (Å²) in [5.74, 6) is -0.508. The van der Waals surface area contributed by atoms with Crippen molar-refractivity contribution in [2.24, 2.45) is 5.73 Å². The summed E-state index contributed by atoms with van der Waals surface area (Å²) in [5, 5.41) is 20.0. The van der Waals surface area contributed by atoms with Crippen molar-refractivity contribution in [1.29, 1.82) is 10.5 Å². The molecule has 1 atom stereocenters. The lowest BCUT2D eigenvalue weighted by Gasteiger charge is -2.28. The van der Waals surface area contributed by atoms with Gasteiger partial charge in [0.25, 0.3) is 0 Å². The summed E-state index contributed by atoms with van der Waals surface area (Å²) in [5.41, 5.74) is 9.62. The topological polar surface area (TPSA) is 131 Å². The Morgan fingerprint density at radius 1 is 1.26 bits per heavy atom. The van der Waals surface area contributed by atoms with Gasteiger partial charge in [0.05, 0.1) is 37.0 Å². The number of esters is 1. The molecule has 8 nitrogen and oxygen atoms in total. The van der Waals surface area contributed by atoms with E-state index in [9.17, 15) is 15.3 Å². The normalized spacial score (nSPS) is 16.9. The number of nitrogens with two attached hydrogens (primary N) is 1. The maximum atomic E-state index is 12.9. The fourth-order valence-corrected chi connectivity index (χ4v) is 5.11. The largest absolute Gasteiger partial charge is 0.497 e. The van der Waals surface area contributed by atoms with E-state index in [4.69, 9.17) is 19.9 Å². The van der Waals surface area contributed by atoms with Crippen molar-refractivity contribution in [3.63, 3.8) is 0 Å². The maximum absolute atomic E-state index is 12.9. The van der Waals surface area contributed by atoms with Crippen LogP contribution in [0.4, 0.5) is 0 Å². The van der Waals surface area contributed by atoms with Crippen LogP contribution in [0, 0.1) is 22.7 Å². The Balaban J connectivity index is 1.77. The summed E-state index contributed by atoms with van der Waals surface area (Å²) in [7, 11) is 2.81. The van der Waals surface area contributed by atoms with Crippen LogP contribution in [-0.4, -0.2) is 30.9 Å². The number of rotatable bonds is 6. The third kappa shape index (κ3) is 4.30. The molecule has 1 aromatic carbocycles. The predicted octanol–water partition coefficient (Wildman–Crippen LogP) is 3.48. The quantitative estimate of drug-likeness (QED) is 0.494. The van der Waals surface area contributed by atoms with E-state index >= 15 is 0 Å². The van der Waals surface area contributed by atoms with Gasteiger partial charge in [-0.2, -0.15) is 10.5 Å². The summed E-state index contributed by atoms with van der Waals surface area (Å²) in [6.07, 6.45) is 2.81. The molecule has 2 aromatic rings. The summed E-state index contributed by atoms with van der Waals surface area (Å²) in [4.78, 5) is 17.6. The number of methoxy groups -OCH3 is 2. The highest BCUT2D eigenvalue weighted by molar-refractivity contribution is 7.99. The number of aromatic nitrogens is 1. The third-order valence-electron chi connectivity index (χ3n) is 5.81. The first-order valence-electron chi connectivity index (χ1n) is 10.6. The van der Waals surface area contributed by atoms with Crippen LogP contribution in [0.3, 0.4) is 0 Å². The number of ether oxygens (including phenoxy) is 3. The number of pyridine rings is 1. The Morgan fingerprint density at radius 2 is 2.09 bits per heavy atom. The van der Waals surface area contributed by atoms with E-state index in [0.29, 0.717) is 21.9 Å². The standard InChI is InChI=1S/C25H22N4O4S/c1-31-17-7-3-6-15(10-17)21-18(12-27)23(28)33-20(22(21)25(30)32-2)13-34-24-16(11-26)9-14-5-4-8-19(14)29-24/h3,6-7,9-10,21H,4-5,8,13,28H2,1-2H3/t21-/m0/s1. The molecule has 0 fully saturated rings. The van der Waals surface area contributed by atoms with Gasteiger partial charge in [-0.15, -0.1) is 0 Å². The number of fused-ring (bicyclic) bond motifs is 1. The van der Waals surface area contributed by atoms with Gasteiger partial charge in [0, 0.05) is 5.69 Å². The zero-order chi connectivity index (χ0) is 24.2. The molecule has 0 bridgehead atoms. The van der Waals surface area contributed by atoms with Crippen LogP contribution in [0.15, 0.2) is 58.1 Å². The van der Waals surface area contributed by atoms with Crippen LogP contribution in [0.25, 0.3) is 0 Å². The number of hydrogen-bond acceptors (Lipinski definition) is 9. The average Bonchev–Trinajstić information content (AvgIpc) is 3.33. The van der Waals surface area contributed by atoms with Gasteiger partial charge in [-0.05, 0) is 48.6 Å². The smallest absolute Gasteiger partial charge is 0.338 e. The molecule has 2 aliphatic rings. The SMILES string of the molecule is COC(=O)C1=C(CSc2nc3c(cc2C#N)CCC3)OC(N)=C(C#N)[C@@H]1c1cccc(OC)c1. The number of carbonyl (C=O) groups is 1. The van der Waals surface area contributed by atoms with Gasteiger partial charge in [0.15, 0.2) is 0 Å². The fraction of sp³-hybridized carbons (Fsp3) is 0.280. The van der Waals surface area contributed by atoms with E-state index in [1.165, 1.54) is 26.0 Å². The molecule has 9 heteroatoms. The minimum absolute atomic E-state index is 0.0824. The second-order valence-corrected chi connectivity index (χ2v) is 8.69. The highest BCUT2D eigenvalue weighted by atomic mass is 32.2. The number of hydrogen-bond donors (Lipinski definition) is 1. The lowest BCUT2D eigenvalue weighted by Crippen LogP contribution is -2.26. The van der Waals surface area contributed by atoms with Gasteiger partial charge in [-0.3, -0.25) is 0 Å².